The van der Waals surface area contributed by atoms with Gasteiger partial charge in [0.1, 0.15) is 17.1 Å². The first-order chi connectivity index (χ1) is 16.5. The molecular weight excluding hydrogens is 498 g/mol. The van der Waals surface area contributed by atoms with Crippen LogP contribution in [-0.4, -0.2) is 48.8 Å². The summed E-state index contributed by atoms with van der Waals surface area (Å²) in [6, 6.07) is 0. The number of fused-ring (bicyclic) bond motifs is 1. The number of hydrogen-bond acceptors (Lipinski definition) is 7. The van der Waals surface area contributed by atoms with Crippen LogP contribution in [0.3, 0.4) is 0 Å². The molecule has 3 N–H and O–H groups in total. The molecule has 0 saturated carbocycles. The van der Waals surface area contributed by atoms with Gasteiger partial charge >= 0.3 is 0 Å². The smallest absolute Gasteiger partial charge is 0.264 e. The highest BCUT2D eigenvalue weighted by atomic mass is 32.2. The van der Waals surface area contributed by atoms with Gasteiger partial charge in [-0.1, -0.05) is 13.8 Å². The van der Waals surface area contributed by atoms with Crippen molar-refractivity contribution in [2.24, 2.45) is 10.4 Å². The van der Waals surface area contributed by atoms with Crippen LogP contribution >= 0.6 is 12.2 Å². The number of aliphatic hydroxyl groups is 1. The zero-order valence-corrected chi connectivity index (χ0v) is 24.0. The number of thiocarbonyl (C=S) groups is 1. The molecule has 0 saturated heterocycles. The van der Waals surface area contributed by atoms with E-state index in [4.69, 9.17) is 17.0 Å². The van der Waals surface area contributed by atoms with Crippen LogP contribution in [0.1, 0.15) is 69.7 Å². The monoisotopic (exact) mass is 535 g/mol. The Labute approximate surface area is 219 Å². The van der Waals surface area contributed by atoms with Gasteiger partial charge in [-0.05, 0) is 75.9 Å². The number of sulfonamides is 1. The first-order valence-electron chi connectivity index (χ1n) is 12.0. The number of hydrogen-bond donors (Lipinski definition) is 3. The Morgan fingerprint density at radius 2 is 1.72 bits per heavy atom. The summed E-state index contributed by atoms with van der Waals surface area (Å²) in [4.78, 5) is 17.1. The number of nitrogens with zero attached hydrogens (tertiary/aromatic N) is 1. The molecule has 0 aromatic heterocycles. The maximum Gasteiger partial charge on any atom is 0.264 e. The van der Waals surface area contributed by atoms with Crippen molar-refractivity contribution < 1.29 is 23.1 Å². The fourth-order valence-corrected chi connectivity index (χ4v) is 6.96. The quantitative estimate of drug-likeness (QED) is 0.285. The lowest BCUT2D eigenvalue weighted by Crippen LogP contribution is -2.40. The van der Waals surface area contributed by atoms with Gasteiger partial charge in [-0.3, -0.25) is 14.5 Å². The van der Waals surface area contributed by atoms with E-state index in [-0.39, 0.29) is 51.2 Å². The van der Waals surface area contributed by atoms with Crippen LogP contribution in [-0.2, 0) is 21.2 Å². The molecule has 1 heterocycles. The Balaban J connectivity index is 1.67. The number of Topliss-reactive ketones (excluding diaryl/α,β-unsaturated/α-hetero) is 1. The number of ether oxygens (including phenoxy) is 1. The van der Waals surface area contributed by atoms with Crippen LogP contribution in [0.5, 0.6) is 5.75 Å². The van der Waals surface area contributed by atoms with Gasteiger partial charge in [0.2, 0.25) is 0 Å². The number of ketones is 1. The minimum Gasteiger partial charge on any atom is -0.511 e. The van der Waals surface area contributed by atoms with Gasteiger partial charge in [0.25, 0.3) is 10.0 Å². The van der Waals surface area contributed by atoms with E-state index in [1.165, 1.54) is 0 Å². The lowest BCUT2D eigenvalue weighted by Gasteiger charge is -2.29. The molecule has 0 amide bonds. The molecule has 0 radical (unpaired) electrons. The third-order valence-electron chi connectivity index (χ3n) is 6.75. The first kappa shape index (κ1) is 28.1. The van der Waals surface area contributed by atoms with E-state index >= 15 is 0 Å². The number of carbonyl (C=O) groups is 1. The minimum atomic E-state index is -3.93. The number of nitrogens with one attached hydrogen (secondary N) is 2. The molecule has 8 nitrogen and oxygen atoms in total. The fourth-order valence-electron chi connectivity index (χ4n) is 5.03. The van der Waals surface area contributed by atoms with Crippen molar-refractivity contribution in [3.63, 3.8) is 0 Å². The van der Waals surface area contributed by atoms with Crippen molar-refractivity contribution in [3.8, 4) is 5.75 Å². The van der Waals surface area contributed by atoms with E-state index in [1.54, 1.807) is 20.8 Å². The number of allylic oxidation sites excluding steroid dienone is 2. The topological polar surface area (TPSA) is 117 Å². The minimum absolute atomic E-state index is 0.0334. The van der Waals surface area contributed by atoms with E-state index in [0.29, 0.717) is 36.1 Å². The van der Waals surface area contributed by atoms with Gasteiger partial charge in [-0.2, -0.15) is 0 Å². The normalized spacial score (nSPS) is 19.1. The Morgan fingerprint density at radius 1 is 1.08 bits per heavy atom. The molecule has 0 atom stereocenters. The number of aliphatic hydroxyl groups excluding tert-OH is 1. The Kier molecular flexibility index (Phi) is 7.64. The highest BCUT2D eigenvalue weighted by molar-refractivity contribution is 7.92. The van der Waals surface area contributed by atoms with Crippen molar-refractivity contribution in [2.75, 3.05) is 13.1 Å². The van der Waals surface area contributed by atoms with Crippen LogP contribution < -0.4 is 14.8 Å². The molecule has 0 bridgehead atoms. The summed E-state index contributed by atoms with van der Waals surface area (Å²) < 4.78 is 35.1. The maximum atomic E-state index is 13.3. The highest BCUT2D eigenvalue weighted by Crippen LogP contribution is 2.43. The zero-order valence-electron chi connectivity index (χ0n) is 22.4. The van der Waals surface area contributed by atoms with Crippen LogP contribution in [0.2, 0.25) is 0 Å². The first-order valence-corrected chi connectivity index (χ1v) is 13.9. The van der Waals surface area contributed by atoms with Crippen molar-refractivity contribution >= 4 is 38.8 Å². The summed E-state index contributed by atoms with van der Waals surface area (Å²) in [7, 11) is -3.93. The Morgan fingerprint density at radius 3 is 2.33 bits per heavy atom. The maximum absolute atomic E-state index is 13.3. The van der Waals surface area contributed by atoms with Crippen molar-refractivity contribution in [2.45, 2.75) is 85.1 Å². The predicted octanol–water partition coefficient (Wildman–Crippen LogP) is 4.14. The van der Waals surface area contributed by atoms with Gasteiger partial charge < -0.3 is 15.2 Å². The second-order valence-electron chi connectivity index (χ2n) is 11.1. The number of rotatable bonds is 6. The second kappa shape index (κ2) is 9.78. The van der Waals surface area contributed by atoms with E-state index in [9.17, 15) is 18.3 Å². The largest absolute Gasteiger partial charge is 0.511 e. The number of benzene rings is 1. The molecule has 1 aromatic carbocycles. The number of aliphatic imine (C=N–C) groups is 1. The van der Waals surface area contributed by atoms with Crippen molar-refractivity contribution in [1.82, 2.24) is 10.0 Å². The van der Waals surface area contributed by atoms with Gasteiger partial charge in [0, 0.05) is 37.1 Å². The van der Waals surface area contributed by atoms with Crippen LogP contribution in [0.25, 0.3) is 0 Å². The highest BCUT2D eigenvalue weighted by Gasteiger charge is 2.37. The summed E-state index contributed by atoms with van der Waals surface area (Å²) in [5, 5.41) is 13.2. The van der Waals surface area contributed by atoms with E-state index in [0.717, 1.165) is 16.9 Å². The second-order valence-corrected chi connectivity index (χ2v) is 13.2. The molecule has 0 fully saturated rings. The van der Waals surface area contributed by atoms with Gasteiger partial charge in [0.05, 0.1) is 17.0 Å². The Bertz CT molecular complexity index is 1290. The Hall–Kier alpha value is -2.46. The molecule has 10 heteroatoms. The van der Waals surface area contributed by atoms with Gasteiger partial charge in [-0.15, -0.1) is 0 Å². The van der Waals surface area contributed by atoms with Crippen LogP contribution in [0.4, 0.5) is 0 Å². The summed E-state index contributed by atoms with van der Waals surface area (Å²) >= 11 is 5.25. The van der Waals surface area contributed by atoms with Crippen LogP contribution in [0, 0.1) is 26.2 Å². The molecule has 198 valence electrons. The molecule has 2 aliphatic rings. The third-order valence-corrected chi connectivity index (χ3v) is 8.75. The molecule has 36 heavy (non-hydrogen) atoms. The van der Waals surface area contributed by atoms with Gasteiger partial charge in [0.15, 0.2) is 10.9 Å². The predicted molar refractivity (Wildman–Crippen MR) is 146 cm³/mol. The molecule has 1 aliphatic heterocycles. The average Bonchev–Trinajstić information content (AvgIpc) is 3.03. The molecule has 1 aliphatic carbocycles. The zero-order chi connectivity index (χ0) is 27.2. The van der Waals surface area contributed by atoms with E-state index in [1.807, 2.05) is 34.6 Å². The number of carbonyl (C=O) groups excluding carboxylic acids is 1. The summed E-state index contributed by atoms with van der Waals surface area (Å²) in [5.41, 5.74) is 3.10. The third kappa shape index (κ3) is 5.75. The van der Waals surface area contributed by atoms with Gasteiger partial charge in [-0.25, -0.2) is 8.42 Å². The molecule has 0 spiro atoms. The van der Waals surface area contributed by atoms with Crippen molar-refractivity contribution in [3.05, 3.63) is 33.6 Å². The fraction of sp³-hybridized carbons (Fsp3) is 0.577. The molecule has 3 rings (SSSR count). The van der Waals surface area contributed by atoms with Crippen molar-refractivity contribution in [1.29, 1.82) is 0 Å². The van der Waals surface area contributed by atoms with E-state index in [2.05, 4.69) is 15.0 Å². The summed E-state index contributed by atoms with van der Waals surface area (Å²) in [6.45, 7) is 15.5. The van der Waals surface area contributed by atoms with Crippen LogP contribution in [0.15, 0.2) is 21.2 Å². The summed E-state index contributed by atoms with van der Waals surface area (Å²) in [6.07, 6.45) is 1.41. The standard InChI is InChI=1S/C26H37N3O5S2/c1-14-15(2)23(16(3)18-11-26(7,8)34-22(14)18)36(32,33)29-24(35)28-10-9-27-17(4)21-19(30)12-25(5,6)13-20(21)31/h30H,9-13H2,1-8H3,(H2,28,29,35). The SMILES string of the molecule is CC(=NCCNC(=S)NS(=O)(=O)c1c(C)c(C)c2c(c1C)CC(C)(C)O2)C1=C(O)CC(C)(C)CC1=O. The molecule has 1 aromatic rings. The summed E-state index contributed by atoms with van der Waals surface area (Å²) in [5.74, 6) is 0.715. The molecule has 0 unspecified atom stereocenters. The van der Waals surface area contributed by atoms with E-state index < -0.39 is 10.0 Å². The lowest BCUT2D eigenvalue weighted by molar-refractivity contribution is -0.117. The average molecular weight is 536 g/mol. The lowest BCUT2D eigenvalue weighted by atomic mass is 9.76. The molecular formula is C26H37N3O5S2.